The average molecular weight is 212 g/mol. The summed E-state index contributed by atoms with van der Waals surface area (Å²) in [4.78, 5) is 2.57. The fourth-order valence-electron chi connectivity index (χ4n) is 2.60. The molecule has 0 aliphatic carbocycles. The lowest BCUT2D eigenvalue weighted by atomic mass is 9.94. The predicted molar refractivity (Wildman–Crippen MR) is 62.1 cm³/mol. The molecular weight excluding hydrogens is 188 g/mol. The van der Waals surface area contributed by atoms with E-state index in [9.17, 15) is 0 Å². The van der Waals surface area contributed by atoms with Crippen molar-refractivity contribution in [3.63, 3.8) is 0 Å². The van der Waals surface area contributed by atoms with Crippen LogP contribution in [0.1, 0.15) is 26.2 Å². The molecule has 0 spiro atoms. The van der Waals surface area contributed by atoms with Gasteiger partial charge in [0.2, 0.25) is 0 Å². The molecule has 3 heteroatoms. The standard InChI is InChI=1S/C12H24N2O/c1-2-11-3-6-14(7-4-11)10-12-9-13-5-8-15-12/h11-13H,2-10H2,1H3. The van der Waals surface area contributed by atoms with Gasteiger partial charge in [0.1, 0.15) is 0 Å². The molecule has 1 unspecified atom stereocenters. The van der Waals surface area contributed by atoms with Crippen LogP contribution in [-0.4, -0.2) is 50.3 Å². The normalized spacial score (nSPS) is 30.6. The highest BCUT2D eigenvalue weighted by Gasteiger charge is 2.21. The molecule has 2 aliphatic rings. The summed E-state index contributed by atoms with van der Waals surface area (Å²) in [7, 11) is 0. The summed E-state index contributed by atoms with van der Waals surface area (Å²) >= 11 is 0. The van der Waals surface area contributed by atoms with Crippen molar-refractivity contribution >= 4 is 0 Å². The molecule has 2 saturated heterocycles. The number of hydrogen-bond donors (Lipinski definition) is 1. The smallest absolute Gasteiger partial charge is 0.0826 e. The van der Waals surface area contributed by atoms with E-state index in [1.165, 1.54) is 32.4 Å². The van der Waals surface area contributed by atoms with Gasteiger partial charge in [0.05, 0.1) is 12.7 Å². The minimum Gasteiger partial charge on any atom is -0.374 e. The average Bonchev–Trinajstić information content (AvgIpc) is 2.31. The Morgan fingerprint density at radius 2 is 2.13 bits per heavy atom. The van der Waals surface area contributed by atoms with E-state index < -0.39 is 0 Å². The van der Waals surface area contributed by atoms with Crippen LogP contribution in [0.5, 0.6) is 0 Å². The van der Waals surface area contributed by atoms with Crippen molar-refractivity contribution in [2.75, 3.05) is 39.3 Å². The number of likely N-dealkylation sites (tertiary alicyclic amines) is 1. The number of piperidine rings is 1. The Kier molecular flexibility index (Phi) is 4.42. The summed E-state index contributed by atoms with van der Waals surface area (Å²) in [5.41, 5.74) is 0. The van der Waals surface area contributed by atoms with Crippen LogP contribution in [0.25, 0.3) is 0 Å². The first-order valence-corrected chi connectivity index (χ1v) is 6.43. The third-order valence-electron chi connectivity index (χ3n) is 3.75. The Hall–Kier alpha value is -0.120. The van der Waals surface area contributed by atoms with Gasteiger partial charge < -0.3 is 15.0 Å². The number of hydrogen-bond acceptors (Lipinski definition) is 3. The lowest BCUT2D eigenvalue weighted by Gasteiger charge is -2.35. The van der Waals surface area contributed by atoms with Gasteiger partial charge in [0.25, 0.3) is 0 Å². The summed E-state index contributed by atoms with van der Waals surface area (Å²) in [6.07, 6.45) is 4.56. The molecule has 2 rings (SSSR count). The van der Waals surface area contributed by atoms with Crippen LogP contribution in [0.4, 0.5) is 0 Å². The zero-order chi connectivity index (χ0) is 10.5. The van der Waals surface area contributed by atoms with Crippen molar-refractivity contribution in [2.24, 2.45) is 5.92 Å². The molecule has 15 heavy (non-hydrogen) atoms. The molecule has 1 atom stereocenters. The van der Waals surface area contributed by atoms with E-state index in [4.69, 9.17) is 4.74 Å². The van der Waals surface area contributed by atoms with E-state index in [1.54, 1.807) is 0 Å². The Morgan fingerprint density at radius 1 is 1.33 bits per heavy atom. The van der Waals surface area contributed by atoms with Crippen molar-refractivity contribution in [3.05, 3.63) is 0 Å². The fourth-order valence-corrected chi connectivity index (χ4v) is 2.60. The molecule has 0 saturated carbocycles. The third-order valence-corrected chi connectivity index (χ3v) is 3.75. The van der Waals surface area contributed by atoms with E-state index in [0.29, 0.717) is 6.10 Å². The van der Waals surface area contributed by atoms with Crippen LogP contribution in [0.2, 0.25) is 0 Å². The molecule has 3 nitrogen and oxygen atoms in total. The maximum atomic E-state index is 5.73. The molecule has 1 N–H and O–H groups in total. The molecule has 0 bridgehead atoms. The predicted octanol–water partition coefficient (Wildman–Crippen LogP) is 1.10. The number of rotatable bonds is 3. The first kappa shape index (κ1) is 11.4. The quantitative estimate of drug-likeness (QED) is 0.758. The third kappa shape index (κ3) is 3.44. The van der Waals surface area contributed by atoms with Crippen molar-refractivity contribution in [3.8, 4) is 0 Å². The Labute approximate surface area is 93.2 Å². The Balaban J connectivity index is 1.67. The molecule has 0 radical (unpaired) electrons. The highest BCUT2D eigenvalue weighted by atomic mass is 16.5. The lowest BCUT2D eigenvalue weighted by Crippen LogP contribution is -2.47. The van der Waals surface area contributed by atoms with Crippen LogP contribution < -0.4 is 5.32 Å². The van der Waals surface area contributed by atoms with E-state index in [-0.39, 0.29) is 0 Å². The number of nitrogens with zero attached hydrogens (tertiary/aromatic N) is 1. The largest absolute Gasteiger partial charge is 0.374 e. The number of nitrogens with one attached hydrogen (secondary N) is 1. The SMILES string of the molecule is CCC1CCN(CC2CNCCO2)CC1. The lowest BCUT2D eigenvalue weighted by molar-refractivity contribution is -0.000731. The summed E-state index contributed by atoms with van der Waals surface area (Å²) in [6.45, 7) is 8.94. The van der Waals surface area contributed by atoms with Crippen molar-refractivity contribution in [2.45, 2.75) is 32.3 Å². The van der Waals surface area contributed by atoms with Crippen LogP contribution in [0.3, 0.4) is 0 Å². The van der Waals surface area contributed by atoms with E-state index in [2.05, 4.69) is 17.1 Å². The maximum Gasteiger partial charge on any atom is 0.0826 e. The van der Waals surface area contributed by atoms with Gasteiger partial charge >= 0.3 is 0 Å². The van der Waals surface area contributed by atoms with E-state index in [1.807, 2.05) is 0 Å². The molecule has 0 aromatic rings. The minimum atomic E-state index is 0.428. The second-order valence-corrected chi connectivity index (χ2v) is 4.85. The molecular formula is C12H24N2O. The molecule has 2 fully saturated rings. The zero-order valence-corrected chi connectivity index (χ0v) is 9.87. The minimum absolute atomic E-state index is 0.428. The number of ether oxygens (including phenoxy) is 1. The van der Waals surface area contributed by atoms with Crippen molar-refractivity contribution in [1.29, 1.82) is 0 Å². The molecule has 88 valence electrons. The molecule has 2 heterocycles. The number of morpholine rings is 1. The van der Waals surface area contributed by atoms with E-state index in [0.717, 1.165) is 32.2 Å². The molecule has 2 aliphatic heterocycles. The molecule has 0 aromatic carbocycles. The zero-order valence-electron chi connectivity index (χ0n) is 9.87. The maximum absolute atomic E-state index is 5.73. The highest BCUT2D eigenvalue weighted by molar-refractivity contribution is 4.76. The van der Waals surface area contributed by atoms with Crippen LogP contribution in [-0.2, 0) is 4.74 Å². The first-order chi connectivity index (χ1) is 7.38. The van der Waals surface area contributed by atoms with Gasteiger partial charge in [-0.3, -0.25) is 0 Å². The summed E-state index contributed by atoms with van der Waals surface area (Å²) in [5, 5.41) is 3.39. The van der Waals surface area contributed by atoms with E-state index >= 15 is 0 Å². The Morgan fingerprint density at radius 3 is 2.73 bits per heavy atom. The highest BCUT2D eigenvalue weighted by Crippen LogP contribution is 2.20. The fraction of sp³-hybridized carbons (Fsp3) is 1.00. The van der Waals surface area contributed by atoms with Crippen LogP contribution >= 0.6 is 0 Å². The van der Waals surface area contributed by atoms with Gasteiger partial charge in [-0.05, 0) is 31.8 Å². The van der Waals surface area contributed by atoms with Gasteiger partial charge in [-0.15, -0.1) is 0 Å². The van der Waals surface area contributed by atoms with Gasteiger partial charge in [-0.1, -0.05) is 13.3 Å². The molecule has 0 amide bonds. The van der Waals surface area contributed by atoms with Crippen molar-refractivity contribution < 1.29 is 4.74 Å². The van der Waals surface area contributed by atoms with Crippen molar-refractivity contribution in [1.82, 2.24) is 10.2 Å². The van der Waals surface area contributed by atoms with Crippen LogP contribution in [0.15, 0.2) is 0 Å². The second kappa shape index (κ2) is 5.83. The van der Waals surface area contributed by atoms with Gasteiger partial charge in [0.15, 0.2) is 0 Å². The topological polar surface area (TPSA) is 24.5 Å². The van der Waals surface area contributed by atoms with Gasteiger partial charge in [-0.25, -0.2) is 0 Å². The summed E-state index contributed by atoms with van der Waals surface area (Å²) < 4.78 is 5.73. The second-order valence-electron chi connectivity index (χ2n) is 4.85. The van der Waals surface area contributed by atoms with Crippen LogP contribution in [0, 0.1) is 5.92 Å². The van der Waals surface area contributed by atoms with Gasteiger partial charge in [0, 0.05) is 19.6 Å². The monoisotopic (exact) mass is 212 g/mol. The Bertz CT molecular complexity index is 172. The first-order valence-electron chi connectivity index (χ1n) is 6.43. The van der Waals surface area contributed by atoms with Gasteiger partial charge in [-0.2, -0.15) is 0 Å². The molecule has 0 aromatic heterocycles. The summed E-state index contributed by atoms with van der Waals surface area (Å²) in [6, 6.07) is 0. The summed E-state index contributed by atoms with van der Waals surface area (Å²) in [5.74, 6) is 0.978.